The van der Waals surface area contributed by atoms with Crippen molar-refractivity contribution in [1.82, 2.24) is 4.98 Å². The fraction of sp³-hybridized carbons (Fsp3) is 0.412. The van der Waals surface area contributed by atoms with Crippen molar-refractivity contribution in [1.29, 1.82) is 0 Å². The summed E-state index contributed by atoms with van der Waals surface area (Å²) in [7, 11) is -3.36. The number of carbonyl (C=O) groups is 1. The molecule has 0 unspecified atom stereocenters. The Labute approximate surface area is 151 Å². The van der Waals surface area contributed by atoms with E-state index in [2.05, 4.69) is 15.0 Å². The van der Waals surface area contributed by atoms with Gasteiger partial charge in [0, 0.05) is 11.6 Å². The first-order valence-corrected chi connectivity index (χ1v) is 10.9. The number of aromatic nitrogens is 1. The number of rotatable bonds is 5. The van der Waals surface area contributed by atoms with Gasteiger partial charge >= 0.3 is 0 Å². The second-order valence-corrected chi connectivity index (χ2v) is 9.14. The second kappa shape index (κ2) is 7.13. The molecular weight excluding hydrogens is 358 g/mol. The highest BCUT2D eigenvalue weighted by Crippen LogP contribution is 2.37. The Kier molecular flexibility index (Phi) is 5.10. The number of hydrogen-bond donors (Lipinski definition) is 2. The van der Waals surface area contributed by atoms with Gasteiger partial charge in [0.05, 0.1) is 22.6 Å². The highest BCUT2D eigenvalue weighted by Gasteiger charge is 2.23. The van der Waals surface area contributed by atoms with E-state index in [1.165, 1.54) is 24.2 Å². The fourth-order valence-electron chi connectivity index (χ4n) is 3.04. The van der Waals surface area contributed by atoms with Crippen LogP contribution in [0.15, 0.2) is 24.3 Å². The lowest BCUT2D eigenvalue weighted by Crippen LogP contribution is -2.13. The number of nitrogens with one attached hydrogen (secondary N) is 2. The number of anilines is 2. The van der Waals surface area contributed by atoms with E-state index < -0.39 is 10.0 Å². The number of carbonyl (C=O) groups excluding carboxylic acids is 1. The third-order valence-electron chi connectivity index (χ3n) is 4.15. The predicted molar refractivity (Wildman–Crippen MR) is 101 cm³/mol. The Hall–Kier alpha value is -1.93. The van der Waals surface area contributed by atoms with E-state index in [-0.39, 0.29) is 5.91 Å². The molecule has 8 heteroatoms. The van der Waals surface area contributed by atoms with E-state index >= 15 is 0 Å². The van der Waals surface area contributed by atoms with Crippen LogP contribution in [0.5, 0.6) is 0 Å². The van der Waals surface area contributed by atoms with Gasteiger partial charge in [-0.05, 0) is 38.0 Å². The van der Waals surface area contributed by atoms with Crippen LogP contribution in [-0.4, -0.2) is 25.6 Å². The van der Waals surface area contributed by atoms with Gasteiger partial charge in [0.25, 0.3) is 5.91 Å². The normalized spacial score (nSPS) is 15.3. The van der Waals surface area contributed by atoms with E-state index in [1.807, 2.05) is 6.92 Å². The van der Waals surface area contributed by atoms with Crippen molar-refractivity contribution < 1.29 is 13.2 Å². The van der Waals surface area contributed by atoms with Crippen LogP contribution in [0.1, 0.15) is 52.0 Å². The molecule has 2 N–H and O–H groups in total. The average molecular weight is 380 g/mol. The Morgan fingerprint density at radius 3 is 2.60 bits per heavy atom. The van der Waals surface area contributed by atoms with Gasteiger partial charge in [0.1, 0.15) is 4.88 Å². The molecule has 0 radical (unpaired) electrons. The molecule has 1 fully saturated rings. The molecule has 0 bridgehead atoms. The van der Waals surface area contributed by atoms with Gasteiger partial charge in [-0.3, -0.25) is 9.52 Å². The van der Waals surface area contributed by atoms with Crippen LogP contribution in [0.3, 0.4) is 0 Å². The first-order valence-electron chi connectivity index (χ1n) is 8.18. The van der Waals surface area contributed by atoms with Crippen LogP contribution >= 0.6 is 11.3 Å². The third kappa shape index (κ3) is 4.58. The zero-order valence-electron chi connectivity index (χ0n) is 14.2. The molecule has 1 heterocycles. The lowest BCUT2D eigenvalue weighted by molar-refractivity contribution is 0.103. The molecule has 0 aliphatic heterocycles. The van der Waals surface area contributed by atoms with E-state index in [0.717, 1.165) is 29.8 Å². The van der Waals surface area contributed by atoms with Crippen LogP contribution < -0.4 is 10.0 Å². The van der Waals surface area contributed by atoms with Crippen molar-refractivity contribution in [3.63, 3.8) is 0 Å². The summed E-state index contributed by atoms with van der Waals surface area (Å²) in [5, 5.41) is 3.87. The van der Waals surface area contributed by atoms with Crippen LogP contribution in [0.4, 0.5) is 11.4 Å². The Balaban J connectivity index is 1.75. The number of benzene rings is 1. The van der Waals surface area contributed by atoms with Crippen LogP contribution in [0, 0.1) is 6.92 Å². The number of hydrogen-bond acceptors (Lipinski definition) is 5. The largest absolute Gasteiger partial charge is 0.321 e. The molecule has 1 aliphatic carbocycles. The number of amides is 1. The van der Waals surface area contributed by atoms with Gasteiger partial charge in [-0.2, -0.15) is 0 Å². The zero-order chi connectivity index (χ0) is 18.0. The van der Waals surface area contributed by atoms with Crippen molar-refractivity contribution in [3.8, 4) is 0 Å². The molecule has 134 valence electrons. The summed E-state index contributed by atoms with van der Waals surface area (Å²) in [6, 6.07) is 6.63. The monoisotopic (exact) mass is 379 g/mol. The molecule has 1 amide bonds. The average Bonchev–Trinajstić information content (AvgIpc) is 3.14. The zero-order valence-corrected chi connectivity index (χ0v) is 15.8. The second-order valence-electron chi connectivity index (χ2n) is 6.36. The summed E-state index contributed by atoms with van der Waals surface area (Å²) in [6.07, 6.45) is 5.83. The summed E-state index contributed by atoms with van der Waals surface area (Å²) in [6.45, 7) is 1.85. The highest BCUT2D eigenvalue weighted by molar-refractivity contribution is 7.92. The first kappa shape index (κ1) is 17.9. The maximum absolute atomic E-state index is 12.6. The van der Waals surface area contributed by atoms with Gasteiger partial charge in [-0.1, -0.05) is 18.9 Å². The molecule has 0 spiro atoms. The molecule has 1 aliphatic rings. The van der Waals surface area contributed by atoms with Crippen molar-refractivity contribution in [3.05, 3.63) is 39.8 Å². The lowest BCUT2D eigenvalue weighted by Gasteiger charge is -2.08. The minimum Gasteiger partial charge on any atom is -0.321 e. The SMILES string of the molecule is Cc1nc(C2CCCC2)sc1C(=O)Nc1cccc(NS(C)(=O)=O)c1. The van der Waals surface area contributed by atoms with Crippen LogP contribution in [-0.2, 0) is 10.0 Å². The van der Waals surface area contributed by atoms with Crippen LogP contribution in [0.25, 0.3) is 0 Å². The third-order valence-corrected chi connectivity index (χ3v) is 6.07. The Morgan fingerprint density at radius 1 is 1.24 bits per heavy atom. The molecule has 1 aromatic heterocycles. The van der Waals surface area contributed by atoms with E-state index in [0.29, 0.717) is 22.2 Å². The van der Waals surface area contributed by atoms with E-state index in [9.17, 15) is 13.2 Å². The molecule has 25 heavy (non-hydrogen) atoms. The van der Waals surface area contributed by atoms with Crippen molar-refractivity contribution in [2.75, 3.05) is 16.3 Å². The number of thiazole rings is 1. The Morgan fingerprint density at radius 2 is 1.92 bits per heavy atom. The topological polar surface area (TPSA) is 88.2 Å². The number of sulfonamides is 1. The van der Waals surface area contributed by atoms with E-state index in [1.54, 1.807) is 24.3 Å². The number of nitrogens with zero attached hydrogens (tertiary/aromatic N) is 1. The van der Waals surface area contributed by atoms with Crippen molar-refractivity contribution >= 4 is 38.6 Å². The van der Waals surface area contributed by atoms with Gasteiger partial charge < -0.3 is 5.32 Å². The van der Waals surface area contributed by atoms with Gasteiger partial charge in [0.2, 0.25) is 10.0 Å². The van der Waals surface area contributed by atoms with Gasteiger partial charge in [0.15, 0.2) is 0 Å². The Bertz CT molecular complexity index is 884. The van der Waals surface area contributed by atoms with Gasteiger partial charge in [-0.25, -0.2) is 13.4 Å². The quantitative estimate of drug-likeness (QED) is 0.828. The summed E-state index contributed by atoms with van der Waals surface area (Å²) in [4.78, 5) is 17.8. The summed E-state index contributed by atoms with van der Waals surface area (Å²) in [5.74, 6) is 0.267. The molecule has 0 atom stereocenters. The molecular formula is C17H21N3O3S2. The molecule has 0 saturated heterocycles. The lowest BCUT2D eigenvalue weighted by atomic mass is 10.1. The first-order chi connectivity index (χ1) is 11.8. The molecule has 6 nitrogen and oxygen atoms in total. The van der Waals surface area contributed by atoms with Gasteiger partial charge in [-0.15, -0.1) is 11.3 Å². The molecule has 3 rings (SSSR count). The van der Waals surface area contributed by atoms with Crippen LogP contribution in [0.2, 0.25) is 0 Å². The standard InChI is InChI=1S/C17H21N3O3S2/c1-11-15(24-17(18-11)12-6-3-4-7-12)16(21)19-13-8-5-9-14(10-13)20-25(2,22)23/h5,8-10,12,20H,3-4,6-7H2,1-2H3,(H,19,21). The maximum atomic E-state index is 12.6. The fourth-order valence-corrected chi connectivity index (χ4v) is 4.72. The molecule has 1 aromatic carbocycles. The maximum Gasteiger partial charge on any atom is 0.267 e. The minimum atomic E-state index is -3.36. The minimum absolute atomic E-state index is 0.212. The highest BCUT2D eigenvalue weighted by atomic mass is 32.2. The van der Waals surface area contributed by atoms with Crippen molar-refractivity contribution in [2.24, 2.45) is 0 Å². The molecule has 2 aromatic rings. The smallest absolute Gasteiger partial charge is 0.267 e. The predicted octanol–water partition coefficient (Wildman–Crippen LogP) is 3.73. The summed E-state index contributed by atoms with van der Waals surface area (Å²) in [5.41, 5.74) is 1.69. The molecule has 1 saturated carbocycles. The number of aryl methyl sites for hydroxylation is 1. The summed E-state index contributed by atoms with van der Waals surface area (Å²) < 4.78 is 25.0. The van der Waals surface area contributed by atoms with E-state index in [4.69, 9.17) is 0 Å². The summed E-state index contributed by atoms with van der Waals surface area (Å²) >= 11 is 1.46. The van der Waals surface area contributed by atoms with Crippen molar-refractivity contribution in [2.45, 2.75) is 38.5 Å².